The number of amides is 3. The van der Waals surface area contributed by atoms with Gasteiger partial charge in [0.05, 0.1) is 11.9 Å². The Morgan fingerprint density at radius 1 is 1.36 bits per heavy atom. The van der Waals surface area contributed by atoms with E-state index in [1.807, 2.05) is 0 Å². The monoisotopic (exact) mass is 326 g/mol. The van der Waals surface area contributed by atoms with Crippen LogP contribution in [0.4, 0.5) is 16.2 Å². The number of benzene rings is 1. The molecule has 22 heavy (non-hydrogen) atoms. The van der Waals surface area contributed by atoms with Crippen molar-refractivity contribution in [2.45, 2.75) is 13.0 Å². The summed E-state index contributed by atoms with van der Waals surface area (Å²) in [7, 11) is -3.36. The lowest BCUT2D eigenvalue weighted by molar-refractivity contribution is -0.128. The summed E-state index contributed by atoms with van der Waals surface area (Å²) in [6.07, 6.45) is 1.06. The van der Waals surface area contributed by atoms with Gasteiger partial charge in [-0.2, -0.15) is 0 Å². The van der Waals surface area contributed by atoms with E-state index in [2.05, 4.69) is 15.4 Å². The molecule has 1 unspecified atom stereocenters. The summed E-state index contributed by atoms with van der Waals surface area (Å²) in [6.45, 7) is 2.44. The summed E-state index contributed by atoms with van der Waals surface area (Å²) in [6, 6.07) is 5.54. The fourth-order valence-electron chi connectivity index (χ4n) is 2.11. The predicted molar refractivity (Wildman–Crippen MR) is 83.1 cm³/mol. The van der Waals surface area contributed by atoms with Crippen LogP contribution < -0.4 is 15.4 Å². The van der Waals surface area contributed by atoms with Gasteiger partial charge in [0.2, 0.25) is 10.0 Å². The van der Waals surface area contributed by atoms with E-state index in [-0.39, 0.29) is 5.91 Å². The van der Waals surface area contributed by atoms with Gasteiger partial charge in [-0.25, -0.2) is 13.2 Å². The van der Waals surface area contributed by atoms with E-state index < -0.39 is 22.1 Å². The van der Waals surface area contributed by atoms with Crippen LogP contribution in [0.5, 0.6) is 0 Å². The summed E-state index contributed by atoms with van der Waals surface area (Å²) >= 11 is 0. The van der Waals surface area contributed by atoms with Crippen molar-refractivity contribution >= 4 is 33.3 Å². The molecule has 120 valence electrons. The van der Waals surface area contributed by atoms with Gasteiger partial charge in [-0.3, -0.25) is 14.4 Å². The second-order valence-corrected chi connectivity index (χ2v) is 6.79. The zero-order valence-corrected chi connectivity index (χ0v) is 13.1. The fraction of sp³-hybridized carbons (Fsp3) is 0.385. The van der Waals surface area contributed by atoms with Crippen LogP contribution >= 0.6 is 0 Å². The molecule has 0 saturated carbocycles. The molecule has 8 nitrogen and oxygen atoms in total. The van der Waals surface area contributed by atoms with Gasteiger partial charge in [0.25, 0.3) is 5.91 Å². The third-order valence-corrected chi connectivity index (χ3v) is 3.65. The van der Waals surface area contributed by atoms with Gasteiger partial charge in [-0.05, 0) is 25.1 Å². The standard InChI is InChI=1S/C13H18N4O4S/c1-9(12(18)17-7-6-14-13(17)19)15-10-4-3-5-11(8-10)16-22(2,20)21/h3-5,8-9,15-16H,6-7H2,1-2H3,(H,14,19). The van der Waals surface area contributed by atoms with Crippen LogP contribution in [0.2, 0.25) is 0 Å². The van der Waals surface area contributed by atoms with Crippen molar-refractivity contribution in [3.8, 4) is 0 Å². The van der Waals surface area contributed by atoms with Crippen LogP contribution in [0.25, 0.3) is 0 Å². The Hall–Kier alpha value is -2.29. The topological polar surface area (TPSA) is 108 Å². The zero-order valence-electron chi connectivity index (χ0n) is 12.3. The molecule has 1 saturated heterocycles. The van der Waals surface area contributed by atoms with Crippen molar-refractivity contribution in [3.05, 3.63) is 24.3 Å². The zero-order chi connectivity index (χ0) is 16.3. The number of imide groups is 1. The number of sulfonamides is 1. The first-order valence-corrected chi connectivity index (χ1v) is 8.59. The van der Waals surface area contributed by atoms with Gasteiger partial charge < -0.3 is 10.6 Å². The van der Waals surface area contributed by atoms with Gasteiger partial charge >= 0.3 is 6.03 Å². The normalized spacial score (nSPS) is 16.1. The Morgan fingerprint density at radius 3 is 2.64 bits per heavy atom. The molecule has 0 spiro atoms. The van der Waals surface area contributed by atoms with E-state index in [1.165, 1.54) is 0 Å². The van der Waals surface area contributed by atoms with E-state index in [1.54, 1.807) is 31.2 Å². The average Bonchev–Trinajstić information content (AvgIpc) is 2.82. The van der Waals surface area contributed by atoms with Crippen molar-refractivity contribution in [2.75, 3.05) is 29.4 Å². The van der Waals surface area contributed by atoms with E-state index in [0.717, 1.165) is 11.2 Å². The first-order chi connectivity index (χ1) is 10.3. The predicted octanol–water partition coefficient (Wildman–Crippen LogP) is 0.410. The van der Waals surface area contributed by atoms with Crippen LogP contribution in [0, 0.1) is 0 Å². The average molecular weight is 326 g/mol. The third-order valence-electron chi connectivity index (χ3n) is 3.04. The molecule has 2 rings (SSSR count). The van der Waals surface area contributed by atoms with Crippen molar-refractivity contribution in [2.24, 2.45) is 0 Å². The summed E-state index contributed by atoms with van der Waals surface area (Å²) in [4.78, 5) is 24.8. The van der Waals surface area contributed by atoms with Gasteiger partial charge in [0.1, 0.15) is 6.04 Å². The number of nitrogens with one attached hydrogen (secondary N) is 3. The molecule has 1 heterocycles. The molecule has 3 amide bonds. The largest absolute Gasteiger partial charge is 0.374 e. The molecule has 0 aliphatic carbocycles. The molecule has 3 N–H and O–H groups in total. The Labute approximate surface area is 128 Å². The summed E-state index contributed by atoms with van der Waals surface area (Å²) < 4.78 is 24.8. The van der Waals surface area contributed by atoms with Crippen molar-refractivity contribution in [1.82, 2.24) is 10.2 Å². The van der Waals surface area contributed by atoms with Crippen LogP contribution in [0.3, 0.4) is 0 Å². The smallest absolute Gasteiger partial charge is 0.324 e. The molecule has 1 fully saturated rings. The second-order valence-electron chi connectivity index (χ2n) is 5.04. The molecule has 1 aliphatic rings. The number of carbonyl (C=O) groups excluding carboxylic acids is 2. The fourth-order valence-corrected chi connectivity index (χ4v) is 2.67. The number of nitrogens with zero attached hydrogens (tertiary/aromatic N) is 1. The third kappa shape index (κ3) is 4.10. The van der Waals surface area contributed by atoms with Crippen LogP contribution in [-0.4, -0.2) is 50.6 Å². The highest BCUT2D eigenvalue weighted by atomic mass is 32.2. The molecule has 0 bridgehead atoms. The number of carbonyl (C=O) groups is 2. The Morgan fingerprint density at radius 2 is 2.05 bits per heavy atom. The van der Waals surface area contributed by atoms with Gasteiger partial charge in [-0.1, -0.05) is 6.07 Å². The van der Waals surface area contributed by atoms with Gasteiger partial charge in [0, 0.05) is 18.8 Å². The number of rotatable bonds is 5. The summed E-state index contributed by atoms with van der Waals surface area (Å²) in [5.41, 5.74) is 0.972. The Balaban J connectivity index is 2.05. The van der Waals surface area contributed by atoms with Crippen LogP contribution in [0.1, 0.15) is 6.92 Å². The summed E-state index contributed by atoms with van der Waals surface area (Å²) in [5.74, 6) is -0.337. The minimum absolute atomic E-state index is 0.337. The van der Waals surface area contributed by atoms with Gasteiger partial charge in [0.15, 0.2) is 0 Å². The molecule has 1 aliphatic heterocycles. The molecule has 1 aromatic rings. The van der Waals surface area contributed by atoms with Crippen molar-refractivity contribution in [1.29, 1.82) is 0 Å². The lowest BCUT2D eigenvalue weighted by Gasteiger charge is -2.20. The van der Waals surface area contributed by atoms with E-state index in [9.17, 15) is 18.0 Å². The first-order valence-electron chi connectivity index (χ1n) is 6.70. The molecular formula is C13H18N4O4S. The Bertz CT molecular complexity index is 689. The minimum Gasteiger partial charge on any atom is -0.374 e. The lowest BCUT2D eigenvalue weighted by atomic mass is 10.2. The van der Waals surface area contributed by atoms with E-state index in [0.29, 0.717) is 24.5 Å². The van der Waals surface area contributed by atoms with Crippen molar-refractivity contribution in [3.63, 3.8) is 0 Å². The highest BCUT2D eigenvalue weighted by Crippen LogP contribution is 2.17. The molecule has 0 radical (unpaired) electrons. The number of anilines is 2. The number of hydrogen-bond acceptors (Lipinski definition) is 5. The lowest BCUT2D eigenvalue weighted by Crippen LogP contribution is -2.43. The maximum Gasteiger partial charge on any atom is 0.324 e. The number of hydrogen-bond donors (Lipinski definition) is 3. The van der Waals surface area contributed by atoms with Crippen LogP contribution in [-0.2, 0) is 14.8 Å². The molecular weight excluding hydrogens is 308 g/mol. The van der Waals surface area contributed by atoms with E-state index >= 15 is 0 Å². The van der Waals surface area contributed by atoms with Gasteiger partial charge in [-0.15, -0.1) is 0 Å². The maximum absolute atomic E-state index is 12.2. The SMILES string of the molecule is CC(Nc1cccc(NS(C)(=O)=O)c1)C(=O)N1CCNC1=O. The highest BCUT2D eigenvalue weighted by Gasteiger charge is 2.29. The quantitative estimate of drug-likeness (QED) is 0.726. The second kappa shape index (κ2) is 6.22. The Kier molecular flexibility index (Phi) is 4.55. The molecule has 1 aromatic carbocycles. The molecule has 9 heteroatoms. The minimum atomic E-state index is -3.36. The molecule has 1 atom stereocenters. The highest BCUT2D eigenvalue weighted by molar-refractivity contribution is 7.92. The van der Waals surface area contributed by atoms with Crippen LogP contribution in [0.15, 0.2) is 24.3 Å². The first kappa shape index (κ1) is 16.1. The van der Waals surface area contributed by atoms with Crippen molar-refractivity contribution < 1.29 is 18.0 Å². The molecule has 0 aromatic heterocycles. The maximum atomic E-state index is 12.2. The summed E-state index contributed by atoms with van der Waals surface area (Å²) in [5, 5.41) is 5.53. The van der Waals surface area contributed by atoms with E-state index in [4.69, 9.17) is 0 Å². The number of urea groups is 1.